The van der Waals surface area contributed by atoms with Crippen LogP contribution in [0.4, 0.5) is 11.5 Å². The summed E-state index contributed by atoms with van der Waals surface area (Å²) in [5, 5.41) is 5.77. The van der Waals surface area contributed by atoms with Gasteiger partial charge in [0.2, 0.25) is 5.91 Å². The van der Waals surface area contributed by atoms with Crippen LogP contribution in [0.1, 0.15) is 6.92 Å². The summed E-state index contributed by atoms with van der Waals surface area (Å²) >= 11 is 0. The molecular formula is C15H15N5O. The number of amides is 1. The molecule has 6 heteroatoms. The molecular weight excluding hydrogens is 266 g/mol. The number of hydrogen-bond acceptors (Lipinski definition) is 4. The number of nitrogens with zero attached hydrogens (tertiary/aromatic N) is 3. The molecule has 0 spiro atoms. The zero-order chi connectivity index (χ0) is 14.8. The van der Waals surface area contributed by atoms with Crippen LogP contribution in [-0.2, 0) is 4.79 Å². The Kier molecular flexibility index (Phi) is 3.27. The van der Waals surface area contributed by atoms with Crippen molar-refractivity contribution < 1.29 is 4.79 Å². The molecule has 0 bridgehead atoms. The van der Waals surface area contributed by atoms with Crippen LogP contribution in [0.5, 0.6) is 0 Å². The lowest BCUT2D eigenvalue weighted by atomic mass is 10.1. The predicted octanol–water partition coefficient (Wildman–Crippen LogP) is 2.40. The molecule has 0 saturated carbocycles. The first kappa shape index (κ1) is 13.1. The zero-order valence-corrected chi connectivity index (χ0v) is 11.8. The van der Waals surface area contributed by atoms with Crippen molar-refractivity contribution in [2.24, 2.45) is 0 Å². The number of rotatable bonds is 3. The summed E-state index contributed by atoms with van der Waals surface area (Å²) < 4.78 is 1.98. The second-order valence-corrected chi connectivity index (χ2v) is 4.62. The van der Waals surface area contributed by atoms with Crippen molar-refractivity contribution in [3.05, 3.63) is 42.9 Å². The molecule has 0 radical (unpaired) electrons. The van der Waals surface area contributed by atoms with Gasteiger partial charge >= 0.3 is 0 Å². The standard InChI is InChI=1S/C15H15N5O/c1-10(21)19-12-5-3-11(4-6-12)13-9-18-14(16-2)15-17-7-8-20(13)15/h3-9H,1-2H3,(H,16,18)(H,19,21). The highest BCUT2D eigenvalue weighted by atomic mass is 16.1. The molecule has 6 nitrogen and oxygen atoms in total. The highest BCUT2D eigenvalue weighted by molar-refractivity contribution is 5.89. The van der Waals surface area contributed by atoms with Gasteiger partial charge in [0.15, 0.2) is 11.5 Å². The SMILES string of the molecule is CNc1ncc(-c2ccc(NC(C)=O)cc2)n2ccnc12. The van der Waals surface area contributed by atoms with Crippen LogP contribution in [0, 0.1) is 0 Å². The van der Waals surface area contributed by atoms with E-state index < -0.39 is 0 Å². The molecule has 3 aromatic rings. The maximum Gasteiger partial charge on any atom is 0.221 e. The Labute approximate surface area is 121 Å². The van der Waals surface area contributed by atoms with Gasteiger partial charge < -0.3 is 10.6 Å². The Balaban J connectivity index is 2.04. The molecule has 0 aliphatic heterocycles. The molecule has 106 valence electrons. The highest BCUT2D eigenvalue weighted by Crippen LogP contribution is 2.24. The number of carbonyl (C=O) groups is 1. The van der Waals surface area contributed by atoms with Crippen molar-refractivity contribution in [3.8, 4) is 11.3 Å². The topological polar surface area (TPSA) is 71.3 Å². The Bertz CT molecular complexity index is 791. The maximum absolute atomic E-state index is 11.0. The fraction of sp³-hybridized carbons (Fsp3) is 0.133. The quantitative estimate of drug-likeness (QED) is 0.773. The van der Waals surface area contributed by atoms with E-state index >= 15 is 0 Å². The highest BCUT2D eigenvalue weighted by Gasteiger charge is 2.09. The summed E-state index contributed by atoms with van der Waals surface area (Å²) in [4.78, 5) is 19.7. The van der Waals surface area contributed by atoms with Gasteiger partial charge in [0.25, 0.3) is 0 Å². The molecule has 2 N–H and O–H groups in total. The van der Waals surface area contributed by atoms with Gasteiger partial charge in [-0.05, 0) is 12.1 Å². The molecule has 0 unspecified atom stereocenters. The normalized spacial score (nSPS) is 10.6. The molecule has 21 heavy (non-hydrogen) atoms. The molecule has 1 amide bonds. The third-order valence-corrected chi connectivity index (χ3v) is 3.17. The summed E-state index contributed by atoms with van der Waals surface area (Å²) in [7, 11) is 1.82. The second kappa shape index (κ2) is 5.24. The molecule has 0 atom stereocenters. The number of anilines is 2. The van der Waals surface area contributed by atoms with Crippen LogP contribution in [-0.4, -0.2) is 27.3 Å². The van der Waals surface area contributed by atoms with Crippen LogP contribution in [0.15, 0.2) is 42.9 Å². The number of benzene rings is 1. The van der Waals surface area contributed by atoms with E-state index in [9.17, 15) is 4.79 Å². The number of hydrogen-bond donors (Lipinski definition) is 2. The Hall–Kier alpha value is -2.89. The van der Waals surface area contributed by atoms with Gasteiger partial charge in [0.05, 0.1) is 11.9 Å². The average Bonchev–Trinajstić information content (AvgIpc) is 2.96. The van der Waals surface area contributed by atoms with E-state index in [1.807, 2.05) is 41.9 Å². The lowest BCUT2D eigenvalue weighted by molar-refractivity contribution is -0.114. The van der Waals surface area contributed by atoms with Gasteiger partial charge in [-0.25, -0.2) is 9.97 Å². The van der Waals surface area contributed by atoms with Crippen molar-refractivity contribution in [2.45, 2.75) is 6.92 Å². The largest absolute Gasteiger partial charge is 0.370 e. The Morgan fingerprint density at radius 1 is 1.19 bits per heavy atom. The van der Waals surface area contributed by atoms with Gasteiger partial charge in [-0.15, -0.1) is 0 Å². The molecule has 1 aromatic carbocycles. The van der Waals surface area contributed by atoms with Crippen molar-refractivity contribution in [1.29, 1.82) is 0 Å². The first-order valence-electron chi connectivity index (χ1n) is 6.57. The number of fused-ring (bicyclic) bond motifs is 1. The minimum absolute atomic E-state index is 0.0835. The molecule has 0 aliphatic carbocycles. The van der Waals surface area contributed by atoms with Crippen LogP contribution in [0.25, 0.3) is 16.9 Å². The van der Waals surface area contributed by atoms with Gasteiger partial charge in [-0.1, -0.05) is 12.1 Å². The van der Waals surface area contributed by atoms with Crippen LogP contribution in [0.2, 0.25) is 0 Å². The van der Waals surface area contributed by atoms with E-state index in [1.165, 1.54) is 6.92 Å². The number of aromatic nitrogens is 3. The van der Waals surface area contributed by atoms with Crippen molar-refractivity contribution >= 4 is 23.1 Å². The minimum Gasteiger partial charge on any atom is -0.370 e. The molecule has 0 saturated heterocycles. The summed E-state index contributed by atoms with van der Waals surface area (Å²) in [6.07, 6.45) is 5.44. The van der Waals surface area contributed by atoms with Gasteiger partial charge in [-0.2, -0.15) is 0 Å². The number of nitrogens with one attached hydrogen (secondary N) is 2. The van der Waals surface area contributed by atoms with Crippen molar-refractivity contribution in [3.63, 3.8) is 0 Å². The fourth-order valence-electron chi connectivity index (χ4n) is 2.24. The Morgan fingerprint density at radius 3 is 2.62 bits per heavy atom. The van der Waals surface area contributed by atoms with E-state index in [0.717, 1.165) is 28.4 Å². The van der Waals surface area contributed by atoms with Gasteiger partial charge in [0, 0.05) is 37.6 Å². The molecule has 0 fully saturated rings. The van der Waals surface area contributed by atoms with Crippen molar-refractivity contribution in [2.75, 3.05) is 17.7 Å². The summed E-state index contributed by atoms with van der Waals surface area (Å²) in [6.45, 7) is 1.49. The molecule has 3 rings (SSSR count). The van der Waals surface area contributed by atoms with E-state index in [0.29, 0.717) is 0 Å². The van der Waals surface area contributed by atoms with Crippen LogP contribution in [0.3, 0.4) is 0 Å². The smallest absolute Gasteiger partial charge is 0.221 e. The summed E-state index contributed by atoms with van der Waals surface area (Å²) in [5.41, 5.74) is 3.49. The summed E-state index contributed by atoms with van der Waals surface area (Å²) in [6, 6.07) is 7.62. The molecule has 2 aromatic heterocycles. The third kappa shape index (κ3) is 2.43. The Morgan fingerprint density at radius 2 is 1.95 bits per heavy atom. The fourth-order valence-corrected chi connectivity index (χ4v) is 2.24. The van der Waals surface area contributed by atoms with Crippen molar-refractivity contribution in [1.82, 2.24) is 14.4 Å². The van der Waals surface area contributed by atoms with E-state index in [1.54, 1.807) is 12.4 Å². The first-order chi connectivity index (χ1) is 10.2. The monoisotopic (exact) mass is 281 g/mol. The number of imidazole rings is 1. The number of carbonyl (C=O) groups excluding carboxylic acids is 1. The lowest BCUT2D eigenvalue weighted by Gasteiger charge is -2.09. The van der Waals surface area contributed by atoms with Crippen LogP contribution < -0.4 is 10.6 Å². The van der Waals surface area contributed by atoms with Crippen LogP contribution >= 0.6 is 0 Å². The van der Waals surface area contributed by atoms with E-state index in [2.05, 4.69) is 20.6 Å². The van der Waals surface area contributed by atoms with Gasteiger partial charge in [-0.3, -0.25) is 9.20 Å². The predicted molar refractivity (Wildman–Crippen MR) is 82.3 cm³/mol. The van der Waals surface area contributed by atoms with E-state index in [4.69, 9.17) is 0 Å². The minimum atomic E-state index is -0.0835. The first-order valence-corrected chi connectivity index (χ1v) is 6.57. The summed E-state index contributed by atoms with van der Waals surface area (Å²) in [5.74, 6) is 0.651. The van der Waals surface area contributed by atoms with Gasteiger partial charge in [0.1, 0.15) is 0 Å². The third-order valence-electron chi connectivity index (χ3n) is 3.17. The van der Waals surface area contributed by atoms with E-state index in [-0.39, 0.29) is 5.91 Å². The molecule has 2 heterocycles. The molecule has 0 aliphatic rings. The second-order valence-electron chi connectivity index (χ2n) is 4.62. The lowest BCUT2D eigenvalue weighted by Crippen LogP contribution is -2.05. The zero-order valence-electron chi connectivity index (χ0n) is 11.8. The average molecular weight is 281 g/mol. The maximum atomic E-state index is 11.0.